The van der Waals surface area contributed by atoms with Gasteiger partial charge in [-0.1, -0.05) is 31.0 Å². The number of rotatable bonds is 9. The van der Waals surface area contributed by atoms with Crippen LogP contribution in [0.15, 0.2) is 22.4 Å². The molecule has 0 saturated carbocycles. The van der Waals surface area contributed by atoms with Crippen molar-refractivity contribution in [1.29, 1.82) is 0 Å². The van der Waals surface area contributed by atoms with Crippen molar-refractivity contribution < 1.29 is 14.3 Å². The molecule has 0 atom stereocenters. The zero-order valence-corrected chi connectivity index (χ0v) is 15.6. The fourth-order valence-electron chi connectivity index (χ4n) is 2.50. The van der Waals surface area contributed by atoms with Gasteiger partial charge in [-0.3, -0.25) is 4.79 Å². The van der Waals surface area contributed by atoms with Crippen molar-refractivity contribution in [2.75, 3.05) is 39.8 Å². The van der Waals surface area contributed by atoms with E-state index in [4.69, 9.17) is 21.1 Å². The number of unbranched alkanes of at least 4 members (excludes halogenated alkanes) is 1. The van der Waals surface area contributed by atoms with E-state index < -0.39 is 5.79 Å². The largest absolute Gasteiger partial charge is 0.375 e. The lowest BCUT2D eigenvalue weighted by molar-refractivity contribution is -0.159. The summed E-state index contributed by atoms with van der Waals surface area (Å²) in [5.41, 5.74) is 1.02. The Balaban J connectivity index is 2.92. The lowest BCUT2D eigenvalue weighted by Gasteiger charge is -2.33. The lowest BCUT2D eigenvalue weighted by atomic mass is 10.1. The van der Waals surface area contributed by atoms with Crippen molar-refractivity contribution in [3.05, 3.63) is 22.4 Å². The third kappa shape index (κ3) is 3.88. The number of carbonyl (C=O) groups excluding carboxylic acids is 1. The SMILES string of the molecule is CCCCSCC/C=C1/C(=O)C(Cl)=C(N(C)C)C1(OC)OC. The minimum Gasteiger partial charge on any atom is -0.375 e. The number of nitrogens with zero attached hydrogens (tertiary/aromatic N) is 1. The van der Waals surface area contributed by atoms with Crippen LogP contribution in [0.5, 0.6) is 0 Å². The molecule has 0 amide bonds. The Morgan fingerprint density at radius 1 is 1.27 bits per heavy atom. The van der Waals surface area contributed by atoms with Crippen molar-refractivity contribution in [1.82, 2.24) is 4.90 Å². The van der Waals surface area contributed by atoms with Gasteiger partial charge in [0.15, 0.2) is 0 Å². The summed E-state index contributed by atoms with van der Waals surface area (Å²) in [6.45, 7) is 2.18. The molecule has 126 valence electrons. The minimum absolute atomic E-state index is 0.165. The summed E-state index contributed by atoms with van der Waals surface area (Å²) in [4.78, 5) is 14.2. The van der Waals surface area contributed by atoms with Crippen LogP contribution in [0.2, 0.25) is 0 Å². The summed E-state index contributed by atoms with van der Waals surface area (Å²) in [7, 11) is 6.70. The number of likely N-dealkylation sites (N-methyl/N-ethyl adjacent to an activating group) is 1. The first kappa shape index (κ1) is 19.6. The number of hydrogen-bond acceptors (Lipinski definition) is 5. The van der Waals surface area contributed by atoms with E-state index >= 15 is 0 Å². The van der Waals surface area contributed by atoms with Crippen LogP contribution in [0.25, 0.3) is 0 Å². The molecule has 0 aliphatic heterocycles. The number of hydrogen-bond donors (Lipinski definition) is 0. The average Bonchev–Trinajstić information content (AvgIpc) is 2.71. The van der Waals surface area contributed by atoms with Crippen LogP contribution in [0.4, 0.5) is 0 Å². The molecule has 0 unspecified atom stereocenters. The molecular formula is C16H26ClNO3S. The second-order valence-electron chi connectivity index (χ2n) is 5.28. The first-order valence-electron chi connectivity index (χ1n) is 7.47. The monoisotopic (exact) mass is 347 g/mol. The van der Waals surface area contributed by atoms with E-state index in [2.05, 4.69) is 6.92 Å². The van der Waals surface area contributed by atoms with Crippen LogP contribution < -0.4 is 0 Å². The van der Waals surface area contributed by atoms with Crippen molar-refractivity contribution in [2.24, 2.45) is 0 Å². The van der Waals surface area contributed by atoms with Gasteiger partial charge in [-0.2, -0.15) is 11.8 Å². The lowest BCUT2D eigenvalue weighted by Crippen LogP contribution is -2.41. The number of Topliss-reactive ketones (excluding diaryl/α,β-unsaturated/α-hetero) is 1. The van der Waals surface area contributed by atoms with E-state index in [1.54, 1.807) is 4.90 Å². The van der Waals surface area contributed by atoms with Gasteiger partial charge in [0.1, 0.15) is 10.7 Å². The number of thioether (sulfide) groups is 1. The Labute approximate surface area is 142 Å². The number of ether oxygens (including phenoxy) is 2. The number of allylic oxidation sites excluding steroid dienone is 2. The van der Waals surface area contributed by atoms with E-state index in [0.29, 0.717) is 11.3 Å². The van der Waals surface area contributed by atoms with Crippen LogP contribution in [-0.4, -0.2) is 56.3 Å². The quantitative estimate of drug-likeness (QED) is 0.363. The predicted molar refractivity (Wildman–Crippen MR) is 93.3 cm³/mol. The van der Waals surface area contributed by atoms with Crippen LogP contribution in [0.1, 0.15) is 26.2 Å². The second kappa shape index (κ2) is 8.96. The molecule has 0 heterocycles. The zero-order chi connectivity index (χ0) is 16.8. The maximum atomic E-state index is 12.5. The molecule has 1 aliphatic carbocycles. The van der Waals surface area contributed by atoms with Crippen LogP contribution in [-0.2, 0) is 14.3 Å². The first-order chi connectivity index (χ1) is 10.5. The fraction of sp³-hybridized carbons (Fsp3) is 0.688. The molecule has 0 bridgehead atoms. The van der Waals surface area contributed by atoms with Crippen LogP contribution >= 0.6 is 23.4 Å². The van der Waals surface area contributed by atoms with Crippen molar-refractivity contribution in [3.63, 3.8) is 0 Å². The Morgan fingerprint density at radius 2 is 1.91 bits per heavy atom. The highest BCUT2D eigenvalue weighted by Gasteiger charge is 2.52. The van der Waals surface area contributed by atoms with Gasteiger partial charge in [-0.15, -0.1) is 0 Å². The molecular weight excluding hydrogens is 322 g/mol. The number of carbonyl (C=O) groups is 1. The molecule has 6 heteroatoms. The molecule has 0 fully saturated rings. The third-order valence-corrected chi connectivity index (χ3v) is 5.05. The summed E-state index contributed by atoms with van der Waals surface area (Å²) in [6, 6.07) is 0. The summed E-state index contributed by atoms with van der Waals surface area (Å²) >= 11 is 8.12. The van der Waals surface area contributed by atoms with E-state index in [0.717, 1.165) is 17.9 Å². The third-order valence-electron chi connectivity index (χ3n) is 3.59. The summed E-state index contributed by atoms with van der Waals surface area (Å²) in [5.74, 6) is 0.698. The highest BCUT2D eigenvalue weighted by molar-refractivity contribution is 7.99. The highest BCUT2D eigenvalue weighted by Crippen LogP contribution is 2.43. The van der Waals surface area contributed by atoms with E-state index in [1.807, 2.05) is 31.9 Å². The van der Waals surface area contributed by atoms with Gasteiger partial charge in [0.2, 0.25) is 11.6 Å². The number of halogens is 1. The van der Waals surface area contributed by atoms with E-state index in [9.17, 15) is 4.79 Å². The Morgan fingerprint density at radius 3 is 2.41 bits per heavy atom. The van der Waals surface area contributed by atoms with E-state index in [-0.39, 0.29) is 10.8 Å². The molecule has 0 spiro atoms. The molecule has 22 heavy (non-hydrogen) atoms. The van der Waals surface area contributed by atoms with E-state index in [1.165, 1.54) is 27.1 Å². The molecule has 0 saturated heterocycles. The predicted octanol–water partition coefficient (Wildman–Crippen LogP) is 3.42. The Hall–Kier alpha value is -0.490. The first-order valence-corrected chi connectivity index (χ1v) is 9.00. The number of ketones is 1. The standard InChI is InChI=1S/C16H26ClNO3S/c1-6-7-10-22-11-8-9-12-14(19)13(17)15(18(2)3)16(12,20-4)21-5/h9H,6-8,10-11H2,1-5H3/b12-9-. The zero-order valence-electron chi connectivity index (χ0n) is 14.1. The molecule has 1 aliphatic rings. The normalized spacial score (nSPS) is 19.4. The molecule has 4 nitrogen and oxygen atoms in total. The fourth-order valence-corrected chi connectivity index (χ4v) is 3.87. The minimum atomic E-state index is -1.20. The molecule has 0 N–H and O–H groups in total. The van der Waals surface area contributed by atoms with Gasteiger partial charge in [0.25, 0.3) is 0 Å². The van der Waals surface area contributed by atoms with Gasteiger partial charge in [-0.05, 0) is 24.3 Å². The highest BCUT2D eigenvalue weighted by atomic mass is 35.5. The van der Waals surface area contributed by atoms with Gasteiger partial charge < -0.3 is 14.4 Å². The van der Waals surface area contributed by atoms with Crippen LogP contribution in [0, 0.1) is 0 Å². The average molecular weight is 348 g/mol. The number of methoxy groups -OCH3 is 2. The van der Waals surface area contributed by atoms with Gasteiger partial charge in [-0.25, -0.2) is 0 Å². The van der Waals surface area contributed by atoms with Crippen molar-refractivity contribution in [2.45, 2.75) is 32.0 Å². The van der Waals surface area contributed by atoms with Crippen molar-refractivity contribution in [3.8, 4) is 0 Å². The molecule has 0 aromatic rings. The molecule has 1 rings (SSSR count). The molecule has 0 aromatic carbocycles. The maximum Gasteiger partial charge on any atom is 0.242 e. The van der Waals surface area contributed by atoms with Gasteiger partial charge in [0, 0.05) is 28.3 Å². The summed E-state index contributed by atoms with van der Waals surface area (Å²) in [6.07, 6.45) is 5.11. The van der Waals surface area contributed by atoms with Crippen molar-refractivity contribution >= 4 is 29.1 Å². The molecule has 0 radical (unpaired) electrons. The van der Waals surface area contributed by atoms with Gasteiger partial charge in [0.05, 0.1) is 5.57 Å². The Kier molecular flexibility index (Phi) is 7.97. The maximum absolute atomic E-state index is 12.5. The van der Waals surface area contributed by atoms with Crippen LogP contribution in [0.3, 0.4) is 0 Å². The topological polar surface area (TPSA) is 38.8 Å². The second-order valence-corrected chi connectivity index (χ2v) is 6.89. The van der Waals surface area contributed by atoms with Gasteiger partial charge >= 0.3 is 0 Å². The summed E-state index contributed by atoms with van der Waals surface area (Å²) in [5, 5.41) is 0.165. The Bertz CT molecular complexity index is 456. The smallest absolute Gasteiger partial charge is 0.242 e. The molecule has 0 aromatic heterocycles. The summed E-state index contributed by atoms with van der Waals surface area (Å²) < 4.78 is 11.1.